The summed E-state index contributed by atoms with van der Waals surface area (Å²) in [6.45, 7) is 10.2. The standard InChI is InChI=1S/C21H33N3O2/c1-5-23-14-8-11-18(23)16-12-13-19(22-15-16)24(17-9-6-7-10-17)20(25)26-21(2,3)4/h12-13,15,17-18H,5-11,14H2,1-4H3. The van der Waals surface area contributed by atoms with Crippen LogP contribution in [-0.4, -0.2) is 40.7 Å². The molecule has 1 saturated heterocycles. The summed E-state index contributed by atoms with van der Waals surface area (Å²) >= 11 is 0. The van der Waals surface area contributed by atoms with Crippen LogP contribution in [0.15, 0.2) is 18.3 Å². The molecule has 2 fully saturated rings. The third kappa shape index (κ3) is 4.37. The van der Waals surface area contributed by atoms with Crippen molar-refractivity contribution in [3.8, 4) is 0 Å². The summed E-state index contributed by atoms with van der Waals surface area (Å²) < 4.78 is 5.67. The molecule has 0 spiro atoms. The lowest BCUT2D eigenvalue weighted by Gasteiger charge is -2.31. The van der Waals surface area contributed by atoms with E-state index in [4.69, 9.17) is 4.74 Å². The molecule has 1 unspecified atom stereocenters. The Morgan fingerprint density at radius 1 is 1.23 bits per heavy atom. The van der Waals surface area contributed by atoms with Gasteiger partial charge in [-0.05, 0) is 71.2 Å². The number of rotatable bonds is 4. The molecule has 1 atom stereocenters. The number of anilines is 1. The highest BCUT2D eigenvalue weighted by Crippen LogP contribution is 2.33. The summed E-state index contributed by atoms with van der Waals surface area (Å²) in [5, 5.41) is 0. The molecule has 0 radical (unpaired) electrons. The lowest BCUT2D eigenvalue weighted by Crippen LogP contribution is -2.43. The molecule has 3 rings (SSSR count). The van der Waals surface area contributed by atoms with Gasteiger partial charge in [0.25, 0.3) is 0 Å². The molecule has 1 aromatic rings. The number of hydrogen-bond donors (Lipinski definition) is 0. The van der Waals surface area contributed by atoms with Crippen molar-refractivity contribution in [2.24, 2.45) is 0 Å². The van der Waals surface area contributed by atoms with Crippen LogP contribution in [0.1, 0.15) is 77.8 Å². The molecule has 5 nitrogen and oxygen atoms in total. The van der Waals surface area contributed by atoms with E-state index in [-0.39, 0.29) is 12.1 Å². The first-order chi connectivity index (χ1) is 12.4. The minimum atomic E-state index is -0.501. The van der Waals surface area contributed by atoms with Crippen molar-refractivity contribution in [1.82, 2.24) is 9.88 Å². The normalized spacial score (nSPS) is 21.9. The van der Waals surface area contributed by atoms with E-state index >= 15 is 0 Å². The van der Waals surface area contributed by atoms with E-state index < -0.39 is 5.60 Å². The van der Waals surface area contributed by atoms with Crippen LogP contribution in [0.5, 0.6) is 0 Å². The first-order valence-corrected chi connectivity index (χ1v) is 10.1. The molecular formula is C21H33N3O2. The lowest BCUT2D eigenvalue weighted by atomic mass is 10.1. The molecule has 5 heteroatoms. The summed E-state index contributed by atoms with van der Waals surface area (Å²) in [7, 11) is 0. The number of carbonyl (C=O) groups is 1. The highest BCUT2D eigenvalue weighted by Gasteiger charge is 2.33. The van der Waals surface area contributed by atoms with Gasteiger partial charge in [-0.2, -0.15) is 0 Å². The lowest BCUT2D eigenvalue weighted by molar-refractivity contribution is 0.0564. The van der Waals surface area contributed by atoms with Crippen LogP contribution in [0.4, 0.5) is 10.6 Å². The number of nitrogens with zero attached hydrogens (tertiary/aromatic N) is 3. The van der Waals surface area contributed by atoms with Crippen LogP contribution in [0.2, 0.25) is 0 Å². The molecule has 2 heterocycles. The number of amides is 1. The summed E-state index contributed by atoms with van der Waals surface area (Å²) in [6, 6.07) is 4.81. The smallest absolute Gasteiger partial charge is 0.416 e. The number of pyridine rings is 1. The molecular weight excluding hydrogens is 326 g/mol. The molecule has 26 heavy (non-hydrogen) atoms. The molecule has 0 bridgehead atoms. The van der Waals surface area contributed by atoms with E-state index in [1.807, 2.05) is 33.0 Å². The summed E-state index contributed by atoms with van der Waals surface area (Å²) in [5.74, 6) is 0.718. The third-order valence-electron chi connectivity index (χ3n) is 5.45. The molecule has 1 aliphatic carbocycles. The molecule has 0 aromatic carbocycles. The second-order valence-electron chi connectivity index (χ2n) is 8.52. The van der Waals surface area contributed by atoms with E-state index in [2.05, 4.69) is 22.9 Å². The van der Waals surface area contributed by atoms with Crippen molar-refractivity contribution in [3.05, 3.63) is 23.9 Å². The van der Waals surface area contributed by atoms with Crippen LogP contribution in [0, 0.1) is 0 Å². The maximum atomic E-state index is 12.8. The monoisotopic (exact) mass is 359 g/mol. The topological polar surface area (TPSA) is 45.7 Å². The zero-order valence-electron chi connectivity index (χ0n) is 16.7. The second kappa shape index (κ2) is 7.95. The third-order valence-corrected chi connectivity index (χ3v) is 5.45. The molecule has 1 aromatic heterocycles. The van der Waals surface area contributed by atoms with Gasteiger partial charge in [0.2, 0.25) is 0 Å². The average Bonchev–Trinajstić information content (AvgIpc) is 3.25. The Kier molecular flexibility index (Phi) is 5.86. The van der Waals surface area contributed by atoms with Crippen molar-refractivity contribution in [2.45, 2.75) is 83.9 Å². The van der Waals surface area contributed by atoms with Crippen LogP contribution in [0.3, 0.4) is 0 Å². The largest absolute Gasteiger partial charge is 0.443 e. The molecule has 144 valence electrons. The predicted octanol–water partition coefficient (Wildman–Crippen LogP) is 4.92. The average molecular weight is 360 g/mol. The van der Waals surface area contributed by atoms with Crippen molar-refractivity contribution in [2.75, 3.05) is 18.0 Å². The van der Waals surface area contributed by atoms with Crippen molar-refractivity contribution < 1.29 is 9.53 Å². The van der Waals surface area contributed by atoms with Gasteiger partial charge in [0.05, 0.1) is 0 Å². The van der Waals surface area contributed by atoms with Gasteiger partial charge in [-0.3, -0.25) is 9.80 Å². The summed E-state index contributed by atoms with van der Waals surface area (Å²) in [6.07, 6.45) is 8.48. The van der Waals surface area contributed by atoms with Gasteiger partial charge in [-0.1, -0.05) is 25.8 Å². The Morgan fingerprint density at radius 3 is 2.54 bits per heavy atom. The second-order valence-corrected chi connectivity index (χ2v) is 8.52. The van der Waals surface area contributed by atoms with Gasteiger partial charge in [0, 0.05) is 18.3 Å². The first-order valence-electron chi connectivity index (χ1n) is 10.1. The van der Waals surface area contributed by atoms with Crippen molar-refractivity contribution in [1.29, 1.82) is 0 Å². The fourth-order valence-corrected chi connectivity index (χ4v) is 4.22. The zero-order valence-corrected chi connectivity index (χ0v) is 16.7. The quantitative estimate of drug-likeness (QED) is 0.765. The van der Waals surface area contributed by atoms with E-state index in [1.54, 1.807) is 4.90 Å². The highest BCUT2D eigenvalue weighted by atomic mass is 16.6. The molecule has 2 aliphatic rings. The molecule has 1 amide bonds. The van der Waals surface area contributed by atoms with Crippen LogP contribution >= 0.6 is 0 Å². The summed E-state index contributed by atoms with van der Waals surface area (Å²) in [5.41, 5.74) is 0.753. The number of aromatic nitrogens is 1. The van der Waals surface area contributed by atoms with E-state index in [9.17, 15) is 4.79 Å². The number of likely N-dealkylation sites (tertiary alicyclic amines) is 1. The Labute approximate surface area is 157 Å². The SMILES string of the molecule is CCN1CCCC1c1ccc(N(C(=O)OC(C)(C)C)C2CCCC2)nc1. The van der Waals surface area contributed by atoms with Crippen molar-refractivity contribution in [3.63, 3.8) is 0 Å². The van der Waals surface area contributed by atoms with Gasteiger partial charge < -0.3 is 4.74 Å². The fourth-order valence-electron chi connectivity index (χ4n) is 4.22. The molecule has 1 saturated carbocycles. The first kappa shape index (κ1) is 19.2. The van der Waals surface area contributed by atoms with Crippen LogP contribution in [0.25, 0.3) is 0 Å². The van der Waals surface area contributed by atoms with Crippen LogP contribution < -0.4 is 4.90 Å². The van der Waals surface area contributed by atoms with Gasteiger partial charge >= 0.3 is 6.09 Å². The zero-order chi connectivity index (χ0) is 18.7. The maximum absolute atomic E-state index is 12.8. The minimum Gasteiger partial charge on any atom is -0.443 e. The Morgan fingerprint density at radius 2 is 1.96 bits per heavy atom. The fraction of sp³-hybridized carbons (Fsp3) is 0.714. The van der Waals surface area contributed by atoms with Gasteiger partial charge in [0.15, 0.2) is 0 Å². The number of ether oxygens (including phenoxy) is 1. The van der Waals surface area contributed by atoms with E-state index in [0.717, 1.165) is 44.6 Å². The summed E-state index contributed by atoms with van der Waals surface area (Å²) in [4.78, 5) is 21.8. The van der Waals surface area contributed by atoms with E-state index in [1.165, 1.54) is 18.4 Å². The van der Waals surface area contributed by atoms with Crippen molar-refractivity contribution >= 4 is 11.9 Å². The van der Waals surface area contributed by atoms with E-state index in [0.29, 0.717) is 6.04 Å². The molecule has 0 N–H and O–H groups in total. The maximum Gasteiger partial charge on any atom is 0.416 e. The van der Waals surface area contributed by atoms with Gasteiger partial charge in [-0.25, -0.2) is 9.78 Å². The Hall–Kier alpha value is -1.62. The number of hydrogen-bond acceptors (Lipinski definition) is 4. The minimum absolute atomic E-state index is 0.196. The predicted molar refractivity (Wildman–Crippen MR) is 104 cm³/mol. The molecule has 1 aliphatic heterocycles. The van der Waals surface area contributed by atoms with Gasteiger partial charge in [0.1, 0.15) is 11.4 Å². The highest BCUT2D eigenvalue weighted by molar-refractivity contribution is 5.87. The van der Waals surface area contributed by atoms with Gasteiger partial charge in [-0.15, -0.1) is 0 Å². The Balaban J connectivity index is 1.81. The van der Waals surface area contributed by atoms with Crippen LogP contribution in [-0.2, 0) is 4.74 Å². The Bertz CT molecular complexity index is 603. The number of carbonyl (C=O) groups excluding carboxylic acids is 1.